The second kappa shape index (κ2) is 7.37. The quantitative estimate of drug-likeness (QED) is 0.482. The van der Waals surface area contributed by atoms with E-state index in [1.54, 1.807) is 22.2 Å². The number of hydrogen-bond acceptors (Lipinski definition) is 4. The minimum atomic E-state index is -0.178. The third-order valence-corrected chi connectivity index (χ3v) is 5.37. The number of carbonyl (C=O) groups excluding carboxylic acids is 1. The van der Waals surface area contributed by atoms with Gasteiger partial charge in [0.1, 0.15) is 5.69 Å². The summed E-state index contributed by atoms with van der Waals surface area (Å²) in [5.74, 6) is -0.178. The van der Waals surface area contributed by atoms with Crippen LogP contribution in [0.3, 0.4) is 0 Å². The van der Waals surface area contributed by atoms with Gasteiger partial charge in [-0.2, -0.15) is 5.10 Å². The van der Waals surface area contributed by atoms with Gasteiger partial charge in [0.2, 0.25) is 0 Å². The van der Waals surface area contributed by atoms with E-state index in [9.17, 15) is 4.79 Å². The maximum Gasteiger partial charge on any atom is 0.255 e. The number of para-hydroxylation sites is 1. The predicted octanol–water partition coefficient (Wildman–Crippen LogP) is 4.18. The molecule has 0 unspecified atom stereocenters. The van der Waals surface area contributed by atoms with Gasteiger partial charge in [-0.1, -0.05) is 48.5 Å². The molecule has 0 aliphatic carbocycles. The lowest BCUT2D eigenvalue weighted by Crippen LogP contribution is -2.23. The van der Waals surface area contributed by atoms with Crippen LogP contribution in [-0.4, -0.2) is 25.1 Å². The van der Waals surface area contributed by atoms with Gasteiger partial charge in [0.05, 0.1) is 23.5 Å². The van der Waals surface area contributed by atoms with Crippen LogP contribution in [0, 0.1) is 0 Å². The topological polar surface area (TPSA) is 64.2 Å². The minimum absolute atomic E-state index is 0.178. The third-order valence-electron chi connectivity index (χ3n) is 4.60. The first-order valence-electron chi connectivity index (χ1n) is 9.18. The van der Waals surface area contributed by atoms with E-state index in [0.29, 0.717) is 17.8 Å². The first-order chi connectivity index (χ1) is 14.3. The maximum absolute atomic E-state index is 13.0. The van der Waals surface area contributed by atoms with E-state index in [4.69, 9.17) is 5.10 Å². The molecule has 0 aliphatic rings. The van der Waals surface area contributed by atoms with Crippen molar-refractivity contribution < 1.29 is 4.79 Å². The maximum atomic E-state index is 13.0. The van der Waals surface area contributed by atoms with Crippen molar-refractivity contribution in [1.82, 2.24) is 24.5 Å². The average molecular weight is 399 g/mol. The number of fused-ring (bicyclic) bond motifs is 1. The Bertz CT molecular complexity index is 1240. The zero-order chi connectivity index (χ0) is 19.6. The number of benzene rings is 2. The number of thiazole rings is 1. The lowest BCUT2D eigenvalue weighted by molar-refractivity contribution is 0.0951. The highest BCUT2D eigenvalue weighted by Crippen LogP contribution is 2.23. The zero-order valence-electron chi connectivity index (χ0n) is 15.4. The van der Waals surface area contributed by atoms with Crippen LogP contribution in [-0.2, 0) is 6.54 Å². The molecule has 0 saturated heterocycles. The summed E-state index contributed by atoms with van der Waals surface area (Å²) >= 11 is 1.57. The lowest BCUT2D eigenvalue weighted by atomic mass is 10.1. The summed E-state index contributed by atoms with van der Waals surface area (Å²) in [7, 11) is 0. The molecule has 3 aromatic heterocycles. The van der Waals surface area contributed by atoms with E-state index in [1.807, 2.05) is 82.8 Å². The Morgan fingerprint density at radius 2 is 1.76 bits per heavy atom. The smallest absolute Gasteiger partial charge is 0.255 e. The fraction of sp³-hybridized carbons (Fsp3) is 0.0455. The van der Waals surface area contributed by atoms with Crippen molar-refractivity contribution in [2.45, 2.75) is 6.54 Å². The number of amides is 1. The van der Waals surface area contributed by atoms with Crippen molar-refractivity contribution in [3.8, 4) is 16.9 Å². The standard InChI is InChI=1S/C22H17N5OS/c28-21(23-13-17-14-26-11-12-29-22(26)24-17)19-15-27(18-9-5-2-6-10-18)25-20(19)16-7-3-1-4-8-16/h1-12,14-15H,13H2,(H,23,28). The molecule has 0 bridgehead atoms. The number of nitrogens with one attached hydrogen (secondary N) is 1. The summed E-state index contributed by atoms with van der Waals surface area (Å²) in [5.41, 5.74) is 3.80. The normalized spacial score (nSPS) is 11.0. The Labute approximate surface area is 171 Å². The van der Waals surface area contributed by atoms with Crippen molar-refractivity contribution >= 4 is 22.2 Å². The fourth-order valence-electron chi connectivity index (χ4n) is 3.19. The summed E-state index contributed by atoms with van der Waals surface area (Å²) in [6.07, 6.45) is 5.66. The molecular formula is C22H17N5OS. The van der Waals surface area contributed by atoms with Gasteiger partial charge < -0.3 is 5.32 Å². The Morgan fingerprint density at radius 3 is 2.52 bits per heavy atom. The largest absolute Gasteiger partial charge is 0.346 e. The van der Waals surface area contributed by atoms with Crippen molar-refractivity contribution in [3.63, 3.8) is 0 Å². The van der Waals surface area contributed by atoms with Crippen molar-refractivity contribution in [2.24, 2.45) is 0 Å². The first kappa shape index (κ1) is 17.4. The van der Waals surface area contributed by atoms with Crippen LogP contribution < -0.4 is 5.32 Å². The predicted molar refractivity (Wildman–Crippen MR) is 113 cm³/mol. The average Bonchev–Trinajstić information content (AvgIpc) is 3.48. The van der Waals surface area contributed by atoms with Gasteiger partial charge >= 0.3 is 0 Å². The van der Waals surface area contributed by atoms with E-state index in [1.165, 1.54) is 0 Å². The van der Waals surface area contributed by atoms with E-state index >= 15 is 0 Å². The SMILES string of the molecule is O=C(NCc1cn2ccsc2n1)c1cn(-c2ccccc2)nc1-c1ccccc1. The first-order valence-corrected chi connectivity index (χ1v) is 10.1. The van der Waals surface area contributed by atoms with Crippen LogP contribution in [0.2, 0.25) is 0 Å². The number of hydrogen-bond donors (Lipinski definition) is 1. The van der Waals surface area contributed by atoms with Gasteiger partial charge in [-0.15, -0.1) is 11.3 Å². The molecule has 2 aromatic carbocycles. The van der Waals surface area contributed by atoms with Crippen molar-refractivity contribution in [2.75, 3.05) is 0 Å². The molecular weight excluding hydrogens is 382 g/mol. The molecule has 5 aromatic rings. The van der Waals surface area contributed by atoms with Crippen LogP contribution in [0.25, 0.3) is 21.9 Å². The van der Waals surface area contributed by atoms with Gasteiger partial charge in [-0.05, 0) is 12.1 Å². The molecule has 1 amide bonds. The van der Waals surface area contributed by atoms with Crippen LogP contribution in [0.15, 0.2) is 84.6 Å². The second-order valence-corrected chi connectivity index (χ2v) is 7.42. The number of imidazole rings is 1. The molecule has 0 spiro atoms. The second-order valence-electron chi connectivity index (χ2n) is 6.55. The number of aromatic nitrogens is 4. The van der Waals surface area contributed by atoms with E-state index < -0.39 is 0 Å². The molecule has 0 aliphatic heterocycles. The van der Waals surface area contributed by atoms with Gasteiger partial charge in [0, 0.05) is 29.5 Å². The van der Waals surface area contributed by atoms with Gasteiger partial charge in [-0.3, -0.25) is 9.20 Å². The number of nitrogens with zero attached hydrogens (tertiary/aromatic N) is 4. The summed E-state index contributed by atoms with van der Waals surface area (Å²) in [6.45, 7) is 0.359. The highest BCUT2D eigenvalue weighted by atomic mass is 32.1. The van der Waals surface area contributed by atoms with Crippen LogP contribution in [0.1, 0.15) is 16.1 Å². The molecule has 3 heterocycles. The summed E-state index contributed by atoms with van der Waals surface area (Å²) < 4.78 is 3.69. The molecule has 5 rings (SSSR count). The lowest BCUT2D eigenvalue weighted by Gasteiger charge is -2.03. The fourth-order valence-corrected chi connectivity index (χ4v) is 3.91. The molecule has 6 nitrogen and oxygen atoms in total. The minimum Gasteiger partial charge on any atom is -0.346 e. The van der Waals surface area contributed by atoms with Gasteiger partial charge in [-0.25, -0.2) is 9.67 Å². The third kappa shape index (κ3) is 3.43. The number of carbonyl (C=O) groups is 1. The Balaban J connectivity index is 1.46. The molecule has 0 atom stereocenters. The molecule has 29 heavy (non-hydrogen) atoms. The zero-order valence-corrected chi connectivity index (χ0v) is 16.2. The Hall–Kier alpha value is -3.71. The van der Waals surface area contributed by atoms with Gasteiger partial charge in [0.15, 0.2) is 4.96 Å². The Kier molecular flexibility index (Phi) is 4.42. The highest BCUT2D eigenvalue weighted by Gasteiger charge is 2.18. The molecule has 0 saturated carbocycles. The summed E-state index contributed by atoms with van der Waals surface area (Å²) in [6, 6.07) is 19.5. The Morgan fingerprint density at radius 1 is 1.00 bits per heavy atom. The molecule has 1 N–H and O–H groups in total. The molecule has 142 valence electrons. The van der Waals surface area contributed by atoms with E-state index in [2.05, 4.69) is 10.3 Å². The molecule has 7 heteroatoms. The van der Waals surface area contributed by atoms with Crippen LogP contribution in [0.5, 0.6) is 0 Å². The number of rotatable bonds is 5. The van der Waals surface area contributed by atoms with Crippen molar-refractivity contribution in [3.05, 3.63) is 95.9 Å². The summed E-state index contributed by atoms with van der Waals surface area (Å²) in [5, 5.41) is 9.65. The monoisotopic (exact) mass is 399 g/mol. The summed E-state index contributed by atoms with van der Waals surface area (Å²) in [4.78, 5) is 18.4. The van der Waals surface area contributed by atoms with Crippen molar-refractivity contribution in [1.29, 1.82) is 0 Å². The van der Waals surface area contributed by atoms with Crippen LogP contribution >= 0.6 is 11.3 Å². The van der Waals surface area contributed by atoms with E-state index in [0.717, 1.165) is 21.9 Å². The van der Waals surface area contributed by atoms with E-state index in [-0.39, 0.29) is 5.91 Å². The molecule has 0 fully saturated rings. The highest BCUT2D eigenvalue weighted by molar-refractivity contribution is 7.15. The molecule has 0 radical (unpaired) electrons. The van der Waals surface area contributed by atoms with Crippen LogP contribution in [0.4, 0.5) is 0 Å². The van der Waals surface area contributed by atoms with Gasteiger partial charge in [0.25, 0.3) is 5.91 Å².